The third kappa shape index (κ3) is 3.92. The van der Waals surface area contributed by atoms with Gasteiger partial charge in [-0.3, -0.25) is 9.59 Å². The number of nitrogens with one attached hydrogen (secondary N) is 1. The monoisotopic (exact) mass is 355 g/mol. The van der Waals surface area contributed by atoms with E-state index in [2.05, 4.69) is 15.0 Å². The van der Waals surface area contributed by atoms with Crippen LogP contribution in [0, 0.1) is 0 Å². The Balaban J connectivity index is 1.86. The van der Waals surface area contributed by atoms with Crippen LogP contribution in [0.25, 0.3) is 0 Å². The number of anilines is 1. The summed E-state index contributed by atoms with van der Waals surface area (Å²) in [4.78, 5) is 24.4. The first-order chi connectivity index (χ1) is 12.6. The molecule has 0 saturated heterocycles. The molecule has 0 aliphatic rings. The molecule has 1 aromatic carbocycles. The molecule has 0 spiro atoms. The van der Waals surface area contributed by atoms with Gasteiger partial charge in [0.05, 0.1) is 26.3 Å². The standard InChI is InChI=1S/C18H17N3O5/c1-24-14-7-12(8-15(9-14)25-2)10-21-11-13(3-4-17(21)22)18(23)19-16-5-6-26-20-16/h3-9,11H,10H2,1-2H3,(H,19,20,23). The van der Waals surface area contributed by atoms with Crippen molar-refractivity contribution in [2.24, 2.45) is 0 Å². The molecule has 0 unspecified atom stereocenters. The van der Waals surface area contributed by atoms with Gasteiger partial charge >= 0.3 is 0 Å². The molecule has 0 aliphatic carbocycles. The van der Waals surface area contributed by atoms with Crippen LogP contribution in [0.5, 0.6) is 11.5 Å². The smallest absolute Gasteiger partial charge is 0.258 e. The second-order valence-corrected chi connectivity index (χ2v) is 5.44. The maximum atomic E-state index is 12.3. The lowest BCUT2D eigenvalue weighted by Crippen LogP contribution is -2.22. The van der Waals surface area contributed by atoms with Gasteiger partial charge in [0.15, 0.2) is 5.82 Å². The zero-order valence-corrected chi connectivity index (χ0v) is 14.3. The number of methoxy groups -OCH3 is 2. The van der Waals surface area contributed by atoms with Crippen LogP contribution in [0.4, 0.5) is 5.82 Å². The van der Waals surface area contributed by atoms with E-state index in [9.17, 15) is 9.59 Å². The number of carbonyl (C=O) groups is 1. The Morgan fingerprint density at radius 2 is 1.88 bits per heavy atom. The quantitative estimate of drug-likeness (QED) is 0.728. The minimum Gasteiger partial charge on any atom is -0.497 e. The summed E-state index contributed by atoms with van der Waals surface area (Å²) in [6.07, 6.45) is 2.84. The zero-order chi connectivity index (χ0) is 18.5. The molecule has 0 bridgehead atoms. The van der Waals surface area contributed by atoms with Crippen LogP contribution in [-0.2, 0) is 6.54 Å². The fourth-order valence-corrected chi connectivity index (χ4v) is 2.41. The number of nitrogens with zero attached hydrogens (tertiary/aromatic N) is 2. The molecular formula is C18H17N3O5. The maximum absolute atomic E-state index is 12.3. The van der Waals surface area contributed by atoms with Gasteiger partial charge in [-0.25, -0.2) is 0 Å². The van der Waals surface area contributed by atoms with Crippen molar-refractivity contribution >= 4 is 11.7 Å². The van der Waals surface area contributed by atoms with Gasteiger partial charge < -0.3 is 23.9 Å². The Hall–Kier alpha value is -3.55. The second kappa shape index (κ2) is 7.56. The lowest BCUT2D eigenvalue weighted by Gasteiger charge is -2.11. The highest BCUT2D eigenvalue weighted by atomic mass is 16.5. The summed E-state index contributed by atoms with van der Waals surface area (Å²) in [5, 5.41) is 6.21. The molecule has 1 N–H and O–H groups in total. The third-order valence-electron chi connectivity index (χ3n) is 3.69. The lowest BCUT2D eigenvalue weighted by molar-refractivity contribution is 0.102. The Morgan fingerprint density at radius 1 is 1.15 bits per heavy atom. The molecule has 26 heavy (non-hydrogen) atoms. The molecule has 0 aliphatic heterocycles. The van der Waals surface area contributed by atoms with Crippen molar-refractivity contribution in [2.45, 2.75) is 6.54 Å². The Labute approximate surface area is 149 Å². The van der Waals surface area contributed by atoms with Gasteiger partial charge in [0.1, 0.15) is 17.8 Å². The van der Waals surface area contributed by atoms with Gasteiger partial charge in [-0.05, 0) is 23.8 Å². The number of hydrogen-bond acceptors (Lipinski definition) is 6. The van der Waals surface area contributed by atoms with E-state index in [1.165, 1.54) is 35.2 Å². The number of benzene rings is 1. The number of ether oxygens (including phenoxy) is 2. The normalized spacial score (nSPS) is 10.4. The Morgan fingerprint density at radius 3 is 2.50 bits per heavy atom. The van der Waals surface area contributed by atoms with Gasteiger partial charge in [-0.2, -0.15) is 0 Å². The largest absolute Gasteiger partial charge is 0.497 e. The number of aromatic nitrogens is 2. The molecule has 0 atom stereocenters. The molecule has 3 aromatic rings. The van der Waals surface area contributed by atoms with Crippen LogP contribution < -0.4 is 20.3 Å². The molecule has 0 fully saturated rings. The van der Waals surface area contributed by atoms with Gasteiger partial charge in [0.25, 0.3) is 11.5 Å². The molecule has 2 heterocycles. The molecule has 2 aromatic heterocycles. The zero-order valence-electron chi connectivity index (χ0n) is 14.3. The number of pyridine rings is 1. The summed E-state index contributed by atoms with van der Waals surface area (Å²) in [6.45, 7) is 0.261. The Bertz CT molecular complexity index is 941. The highest BCUT2D eigenvalue weighted by Crippen LogP contribution is 2.22. The lowest BCUT2D eigenvalue weighted by atomic mass is 10.2. The SMILES string of the molecule is COc1cc(Cn2cc(C(=O)Nc3ccon3)ccc2=O)cc(OC)c1. The molecule has 0 radical (unpaired) electrons. The molecule has 0 saturated carbocycles. The number of rotatable bonds is 6. The van der Waals surface area contributed by atoms with E-state index in [0.717, 1.165) is 5.56 Å². The predicted molar refractivity (Wildman–Crippen MR) is 93.8 cm³/mol. The average molecular weight is 355 g/mol. The van der Waals surface area contributed by atoms with Gasteiger partial charge in [0, 0.05) is 24.4 Å². The summed E-state index contributed by atoms with van der Waals surface area (Å²) < 4.78 is 16.6. The first-order valence-electron chi connectivity index (χ1n) is 7.73. The maximum Gasteiger partial charge on any atom is 0.258 e. The fraction of sp³-hybridized carbons (Fsp3) is 0.167. The minimum absolute atomic E-state index is 0.232. The van der Waals surface area contributed by atoms with Crippen molar-refractivity contribution in [2.75, 3.05) is 19.5 Å². The first-order valence-corrected chi connectivity index (χ1v) is 7.73. The number of hydrogen-bond donors (Lipinski definition) is 1. The summed E-state index contributed by atoms with van der Waals surface area (Å²) in [6, 6.07) is 9.67. The predicted octanol–water partition coefficient (Wildman–Crippen LogP) is 2.15. The van der Waals surface area contributed by atoms with E-state index in [0.29, 0.717) is 22.9 Å². The van der Waals surface area contributed by atoms with Gasteiger partial charge in [-0.15, -0.1) is 0 Å². The van der Waals surface area contributed by atoms with Crippen molar-refractivity contribution in [3.63, 3.8) is 0 Å². The van der Waals surface area contributed by atoms with Crippen molar-refractivity contribution in [1.82, 2.24) is 9.72 Å². The van der Waals surface area contributed by atoms with E-state index in [1.54, 1.807) is 32.4 Å². The summed E-state index contributed by atoms with van der Waals surface area (Å²) in [5.41, 5.74) is 0.893. The fourth-order valence-electron chi connectivity index (χ4n) is 2.41. The van der Waals surface area contributed by atoms with Crippen molar-refractivity contribution in [1.29, 1.82) is 0 Å². The van der Waals surface area contributed by atoms with E-state index in [4.69, 9.17) is 9.47 Å². The molecule has 8 nitrogen and oxygen atoms in total. The molecular weight excluding hydrogens is 338 g/mol. The molecule has 1 amide bonds. The van der Waals surface area contributed by atoms with Crippen LogP contribution in [0.3, 0.4) is 0 Å². The van der Waals surface area contributed by atoms with Gasteiger partial charge in [0.2, 0.25) is 0 Å². The average Bonchev–Trinajstić information content (AvgIpc) is 3.16. The first kappa shape index (κ1) is 17.3. The molecule has 3 rings (SSSR count). The van der Waals surface area contributed by atoms with Crippen LogP contribution in [0.1, 0.15) is 15.9 Å². The van der Waals surface area contributed by atoms with Crippen molar-refractivity contribution in [3.8, 4) is 11.5 Å². The molecule has 134 valence electrons. The van der Waals surface area contributed by atoms with Crippen LogP contribution in [0.2, 0.25) is 0 Å². The highest BCUT2D eigenvalue weighted by molar-refractivity contribution is 6.03. The Kier molecular flexibility index (Phi) is 5.02. The third-order valence-corrected chi connectivity index (χ3v) is 3.69. The minimum atomic E-state index is -0.393. The molecule has 8 heteroatoms. The summed E-state index contributed by atoms with van der Waals surface area (Å²) in [7, 11) is 3.11. The van der Waals surface area contributed by atoms with Crippen LogP contribution in [0.15, 0.2) is 58.2 Å². The second-order valence-electron chi connectivity index (χ2n) is 5.44. The van der Waals surface area contributed by atoms with Crippen LogP contribution in [-0.4, -0.2) is 29.9 Å². The summed E-state index contributed by atoms with van der Waals surface area (Å²) >= 11 is 0. The van der Waals surface area contributed by atoms with E-state index < -0.39 is 5.91 Å². The van der Waals surface area contributed by atoms with Gasteiger partial charge in [-0.1, -0.05) is 5.16 Å². The topological polar surface area (TPSA) is 95.6 Å². The summed E-state index contributed by atoms with van der Waals surface area (Å²) in [5.74, 6) is 1.14. The highest BCUT2D eigenvalue weighted by Gasteiger charge is 2.11. The van der Waals surface area contributed by atoms with Crippen molar-refractivity contribution < 1.29 is 18.8 Å². The number of carbonyl (C=O) groups excluding carboxylic acids is 1. The van der Waals surface area contributed by atoms with E-state index in [1.807, 2.05) is 0 Å². The van der Waals surface area contributed by atoms with Crippen LogP contribution >= 0.6 is 0 Å². The van der Waals surface area contributed by atoms with E-state index in [-0.39, 0.29) is 12.1 Å². The number of amides is 1. The van der Waals surface area contributed by atoms with E-state index >= 15 is 0 Å². The van der Waals surface area contributed by atoms with Crippen molar-refractivity contribution in [3.05, 3.63) is 70.3 Å².